The molecule has 2 saturated heterocycles. The molecule has 1 amide bonds. The number of nitriles is 1. The number of rotatable bonds is 5. The van der Waals surface area contributed by atoms with E-state index in [9.17, 15) is 4.79 Å². The van der Waals surface area contributed by atoms with E-state index in [-0.39, 0.29) is 18.8 Å². The van der Waals surface area contributed by atoms with Gasteiger partial charge in [-0.05, 0) is 52.5 Å². The lowest BCUT2D eigenvalue weighted by Crippen LogP contribution is -2.35. The zero-order chi connectivity index (χ0) is 21.9. The Hall–Kier alpha value is -3.46. The van der Waals surface area contributed by atoms with E-state index < -0.39 is 18.3 Å². The van der Waals surface area contributed by atoms with Gasteiger partial charge in [0.05, 0.1) is 24.8 Å². The summed E-state index contributed by atoms with van der Waals surface area (Å²) < 4.78 is 19.1. The Morgan fingerprint density at radius 2 is 2.00 bits per heavy atom. The molecule has 0 aliphatic carbocycles. The maximum absolute atomic E-state index is 12.4. The van der Waals surface area contributed by atoms with Crippen LogP contribution >= 0.6 is 11.8 Å². The van der Waals surface area contributed by atoms with Gasteiger partial charge in [-0.25, -0.2) is 9.48 Å². The molecule has 162 valence electrons. The molecule has 10 nitrogen and oxygen atoms in total. The van der Waals surface area contributed by atoms with E-state index in [0.29, 0.717) is 23.0 Å². The molecule has 3 heterocycles. The summed E-state index contributed by atoms with van der Waals surface area (Å²) >= 11 is 1.46. The topological polar surface area (TPSA) is 124 Å². The van der Waals surface area contributed by atoms with Gasteiger partial charge in [-0.1, -0.05) is 24.3 Å². The number of carbonyl (C=O) groups excluding carboxylic acids is 1. The van der Waals surface area contributed by atoms with Crippen LogP contribution in [0.3, 0.4) is 0 Å². The molecule has 2 fully saturated rings. The van der Waals surface area contributed by atoms with Crippen molar-refractivity contribution in [1.82, 2.24) is 20.2 Å². The van der Waals surface area contributed by atoms with Crippen LogP contribution in [0, 0.1) is 11.3 Å². The molecule has 2 aromatic carbocycles. The highest BCUT2D eigenvalue weighted by Gasteiger charge is 2.51. The van der Waals surface area contributed by atoms with Crippen molar-refractivity contribution in [3.8, 4) is 6.07 Å². The second-order valence-corrected chi connectivity index (χ2v) is 8.29. The van der Waals surface area contributed by atoms with E-state index in [1.807, 2.05) is 36.4 Å². The first-order chi connectivity index (χ1) is 15.7. The fraction of sp³-hybridized carbons (Fsp3) is 0.286. The highest BCUT2D eigenvalue weighted by atomic mass is 32.2. The first-order valence-corrected chi connectivity index (χ1v) is 10.7. The first kappa shape index (κ1) is 20.4. The normalized spacial score (nSPS) is 24.0. The van der Waals surface area contributed by atoms with E-state index in [0.717, 1.165) is 4.90 Å². The lowest BCUT2D eigenvalue weighted by Gasteiger charge is -2.17. The van der Waals surface area contributed by atoms with Crippen molar-refractivity contribution < 1.29 is 19.0 Å². The van der Waals surface area contributed by atoms with Crippen molar-refractivity contribution >= 4 is 23.5 Å². The third kappa shape index (κ3) is 4.16. The molecule has 2 aliphatic heterocycles. The van der Waals surface area contributed by atoms with Crippen LogP contribution in [0.1, 0.15) is 11.6 Å². The maximum atomic E-state index is 12.4. The second-order valence-electron chi connectivity index (χ2n) is 7.25. The lowest BCUT2D eigenvalue weighted by molar-refractivity contribution is 0.00751. The molecule has 0 saturated carbocycles. The van der Waals surface area contributed by atoms with Crippen LogP contribution < -0.4 is 5.32 Å². The van der Waals surface area contributed by atoms with Crippen LogP contribution in [0.25, 0.3) is 0 Å². The first-order valence-electron chi connectivity index (χ1n) is 9.93. The van der Waals surface area contributed by atoms with Crippen molar-refractivity contribution in [3.05, 3.63) is 60.2 Å². The maximum Gasteiger partial charge on any atom is 0.412 e. The van der Waals surface area contributed by atoms with Gasteiger partial charge in [-0.2, -0.15) is 5.26 Å². The molecule has 32 heavy (non-hydrogen) atoms. The Kier molecular flexibility index (Phi) is 5.72. The molecule has 0 bridgehead atoms. The molecular weight excluding hydrogens is 432 g/mol. The van der Waals surface area contributed by atoms with Crippen LogP contribution in [0.2, 0.25) is 0 Å². The highest BCUT2D eigenvalue weighted by molar-refractivity contribution is 7.99. The molecule has 1 aromatic heterocycles. The standard InChI is InChI=1S/C21H18N6O4S/c22-10-13-5-4-6-14(9-13)23-21(28)31-17-12-30-18-16(11-29-19(17)18)27-20(24-25-26-27)32-15-7-2-1-3-8-15/h1-9,16-19H,11-12H2,(H,23,28)/t16-,17+,18+,19+/m0/s1. The summed E-state index contributed by atoms with van der Waals surface area (Å²) in [6.45, 7) is 0.551. The van der Waals surface area contributed by atoms with Crippen molar-refractivity contribution in [2.75, 3.05) is 18.5 Å². The Labute approximate surface area is 187 Å². The number of benzene rings is 2. The summed E-state index contributed by atoms with van der Waals surface area (Å²) in [5.41, 5.74) is 0.922. The Bertz CT molecular complexity index is 1150. The summed E-state index contributed by atoms with van der Waals surface area (Å²) in [6.07, 6.45) is -1.96. The Morgan fingerprint density at radius 1 is 1.16 bits per heavy atom. The average Bonchev–Trinajstić information content (AvgIpc) is 3.52. The number of tetrazole rings is 1. The van der Waals surface area contributed by atoms with Gasteiger partial charge in [0.2, 0.25) is 5.16 Å². The van der Waals surface area contributed by atoms with E-state index >= 15 is 0 Å². The minimum atomic E-state index is -0.635. The van der Waals surface area contributed by atoms with Gasteiger partial charge in [-0.15, -0.1) is 5.10 Å². The lowest BCUT2D eigenvalue weighted by atomic mass is 10.1. The van der Waals surface area contributed by atoms with E-state index in [2.05, 4.69) is 20.8 Å². The number of amides is 1. The fourth-order valence-electron chi connectivity index (χ4n) is 3.76. The van der Waals surface area contributed by atoms with Gasteiger partial charge in [0.1, 0.15) is 18.2 Å². The summed E-state index contributed by atoms with van der Waals surface area (Å²) in [5, 5.41) is 24.4. The number of anilines is 1. The van der Waals surface area contributed by atoms with Crippen molar-refractivity contribution in [2.45, 2.75) is 34.4 Å². The number of nitrogens with one attached hydrogen (secondary N) is 1. The van der Waals surface area contributed by atoms with Crippen molar-refractivity contribution in [2.24, 2.45) is 0 Å². The van der Waals surface area contributed by atoms with Gasteiger partial charge in [0.25, 0.3) is 0 Å². The summed E-state index contributed by atoms with van der Waals surface area (Å²) in [4.78, 5) is 13.4. The molecular formula is C21H18N6O4S. The van der Waals surface area contributed by atoms with E-state index in [1.165, 1.54) is 11.8 Å². The zero-order valence-electron chi connectivity index (χ0n) is 16.7. The molecule has 2 aliphatic rings. The third-order valence-corrected chi connectivity index (χ3v) is 6.17. The van der Waals surface area contributed by atoms with Gasteiger partial charge in [0.15, 0.2) is 6.10 Å². The van der Waals surface area contributed by atoms with Gasteiger partial charge < -0.3 is 14.2 Å². The predicted octanol–water partition coefficient (Wildman–Crippen LogP) is 2.65. The summed E-state index contributed by atoms with van der Waals surface area (Å²) in [6, 6.07) is 18.2. The van der Waals surface area contributed by atoms with Crippen molar-refractivity contribution in [1.29, 1.82) is 5.26 Å². The number of aromatic nitrogens is 4. The number of hydrogen-bond acceptors (Lipinski definition) is 9. The van der Waals surface area contributed by atoms with Crippen LogP contribution in [0.4, 0.5) is 10.5 Å². The zero-order valence-corrected chi connectivity index (χ0v) is 17.5. The molecule has 3 aromatic rings. The summed E-state index contributed by atoms with van der Waals surface area (Å²) in [5.74, 6) is 0. The molecule has 11 heteroatoms. The minimum absolute atomic E-state index is 0.209. The SMILES string of the molecule is N#Cc1cccc(NC(=O)O[C@@H]2CO[C@H]3[C@@H]2OC[C@@H]3n2nnnc2Sc2ccccc2)c1. The number of hydrogen-bond donors (Lipinski definition) is 1. The van der Waals surface area contributed by atoms with Crippen molar-refractivity contribution in [3.63, 3.8) is 0 Å². The molecule has 1 N–H and O–H groups in total. The second kappa shape index (κ2) is 8.96. The molecule has 0 unspecified atom stereocenters. The Morgan fingerprint density at radius 3 is 2.84 bits per heavy atom. The predicted molar refractivity (Wildman–Crippen MR) is 112 cm³/mol. The average molecular weight is 450 g/mol. The van der Waals surface area contributed by atoms with Crippen LogP contribution in [0.5, 0.6) is 0 Å². The highest BCUT2D eigenvalue weighted by Crippen LogP contribution is 2.37. The van der Waals surface area contributed by atoms with Crippen LogP contribution in [0.15, 0.2) is 64.6 Å². The number of carbonyl (C=O) groups is 1. The van der Waals surface area contributed by atoms with Crippen LogP contribution in [-0.2, 0) is 14.2 Å². The van der Waals surface area contributed by atoms with Crippen LogP contribution in [-0.4, -0.2) is 57.8 Å². The van der Waals surface area contributed by atoms with Gasteiger partial charge in [-0.3, -0.25) is 5.32 Å². The largest absolute Gasteiger partial charge is 0.441 e. The minimum Gasteiger partial charge on any atom is -0.441 e. The number of nitrogens with zero attached hydrogens (tertiary/aromatic N) is 5. The quantitative estimate of drug-likeness (QED) is 0.624. The smallest absolute Gasteiger partial charge is 0.412 e. The number of ether oxygens (including phenoxy) is 3. The Balaban J connectivity index is 1.23. The van der Waals surface area contributed by atoms with E-state index in [1.54, 1.807) is 28.9 Å². The molecule has 4 atom stereocenters. The molecule has 0 spiro atoms. The monoisotopic (exact) mass is 450 g/mol. The van der Waals surface area contributed by atoms with E-state index in [4.69, 9.17) is 19.5 Å². The number of fused-ring (bicyclic) bond motifs is 1. The molecule has 0 radical (unpaired) electrons. The van der Waals surface area contributed by atoms with Gasteiger partial charge >= 0.3 is 6.09 Å². The third-order valence-electron chi connectivity index (χ3n) is 5.21. The fourth-order valence-corrected chi connectivity index (χ4v) is 4.61. The summed E-state index contributed by atoms with van der Waals surface area (Å²) in [7, 11) is 0. The molecule has 5 rings (SSSR count). The van der Waals surface area contributed by atoms with Gasteiger partial charge in [0, 0.05) is 10.6 Å².